The molecule has 0 aromatic heterocycles. The summed E-state index contributed by atoms with van der Waals surface area (Å²) < 4.78 is 39.7. The maximum Gasteiger partial charge on any atom is 0.244 e. The van der Waals surface area contributed by atoms with Gasteiger partial charge in [0.1, 0.15) is 18.4 Å². The third-order valence-electron chi connectivity index (χ3n) is 5.23. The molecular weight excluding hydrogens is 493 g/mol. The Morgan fingerprint density at radius 2 is 1.71 bits per heavy atom. The predicted octanol–water partition coefficient (Wildman–Crippen LogP) is 4.28. The zero-order valence-corrected chi connectivity index (χ0v) is 22.5. The monoisotopic (exact) mass is 525 g/mol. The van der Waals surface area contributed by atoms with E-state index in [1.165, 1.54) is 11.0 Å². The van der Waals surface area contributed by atoms with Crippen molar-refractivity contribution in [2.24, 2.45) is 0 Å². The number of amides is 2. The third-order valence-corrected chi connectivity index (χ3v) is 6.66. The van der Waals surface area contributed by atoms with E-state index in [0.29, 0.717) is 6.42 Å². The summed E-state index contributed by atoms with van der Waals surface area (Å²) in [5.41, 5.74) is 1.37. The quantitative estimate of drug-likeness (QED) is 0.529. The van der Waals surface area contributed by atoms with Gasteiger partial charge in [-0.1, -0.05) is 48.4 Å². The van der Waals surface area contributed by atoms with Gasteiger partial charge in [0.05, 0.1) is 17.0 Å². The summed E-state index contributed by atoms with van der Waals surface area (Å²) in [7, 11) is -3.93. The number of anilines is 1. The van der Waals surface area contributed by atoms with Crippen molar-refractivity contribution in [2.45, 2.75) is 59.2 Å². The van der Waals surface area contributed by atoms with E-state index in [1.54, 1.807) is 6.92 Å². The summed E-state index contributed by atoms with van der Waals surface area (Å²) in [6.45, 7) is 8.78. The molecule has 0 saturated heterocycles. The van der Waals surface area contributed by atoms with Crippen LogP contribution in [0.4, 0.5) is 10.1 Å². The van der Waals surface area contributed by atoms with Crippen LogP contribution in [0.15, 0.2) is 42.5 Å². The van der Waals surface area contributed by atoms with E-state index in [4.69, 9.17) is 11.6 Å². The first-order valence-electron chi connectivity index (χ1n) is 11.2. The highest BCUT2D eigenvalue weighted by Crippen LogP contribution is 2.25. The Hall–Kier alpha value is -2.65. The van der Waals surface area contributed by atoms with Gasteiger partial charge in [-0.3, -0.25) is 13.9 Å². The van der Waals surface area contributed by atoms with Crippen molar-refractivity contribution < 1.29 is 22.4 Å². The molecule has 1 N–H and O–H groups in total. The molecule has 2 aromatic carbocycles. The van der Waals surface area contributed by atoms with E-state index in [1.807, 2.05) is 52.0 Å². The molecule has 0 radical (unpaired) electrons. The number of halogens is 2. The number of carbonyl (C=O) groups is 2. The van der Waals surface area contributed by atoms with Crippen LogP contribution in [0.2, 0.25) is 5.02 Å². The molecule has 0 fully saturated rings. The van der Waals surface area contributed by atoms with Crippen LogP contribution in [0.25, 0.3) is 0 Å². The minimum atomic E-state index is -3.93. The lowest BCUT2D eigenvalue weighted by Gasteiger charge is -2.34. The van der Waals surface area contributed by atoms with Crippen LogP contribution < -0.4 is 9.62 Å². The number of carbonyl (C=O) groups excluding carboxylic acids is 2. The molecule has 2 aromatic rings. The van der Waals surface area contributed by atoms with Gasteiger partial charge >= 0.3 is 0 Å². The van der Waals surface area contributed by atoms with Crippen LogP contribution in [-0.4, -0.2) is 49.5 Å². The molecule has 0 bridgehead atoms. The molecule has 7 nitrogen and oxygen atoms in total. The van der Waals surface area contributed by atoms with E-state index in [-0.39, 0.29) is 23.2 Å². The fourth-order valence-corrected chi connectivity index (χ4v) is 4.53. The van der Waals surface area contributed by atoms with Crippen LogP contribution in [0.5, 0.6) is 0 Å². The number of hydrogen-bond acceptors (Lipinski definition) is 4. The second kappa shape index (κ2) is 11.4. The molecule has 0 unspecified atom stereocenters. The minimum Gasteiger partial charge on any atom is -0.350 e. The molecule has 2 amide bonds. The Morgan fingerprint density at radius 1 is 1.11 bits per heavy atom. The van der Waals surface area contributed by atoms with Gasteiger partial charge in [-0.25, -0.2) is 12.8 Å². The first-order chi connectivity index (χ1) is 16.1. The average molecular weight is 526 g/mol. The highest BCUT2D eigenvalue weighted by molar-refractivity contribution is 7.92. The molecule has 0 saturated carbocycles. The lowest BCUT2D eigenvalue weighted by molar-refractivity contribution is -0.141. The van der Waals surface area contributed by atoms with Gasteiger partial charge in [0.15, 0.2) is 0 Å². The van der Waals surface area contributed by atoms with Crippen LogP contribution in [0, 0.1) is 12.7 Å². The van der Waals surface area contributed by atoms with Gasteiger partial charge in [0.25, 0.3) is 0 Å². The first-order valence-corrected chi connectivity index (χ1v) is 13.4. The molecule has 192 valence electrons. The number of hydrogen-bond donors (Lipinski definition) is 1. The van der Waals surface area contributed by atoms with Crippen molar-refractivity contribution in [2.75, 3.05) is 17.1 Å². The van der Waals surface area contributed by atoms with E-state index in [9.17, 15) is 22.4 Å². The van der Waals surface area contributed by atoms with Crippen molar-refractivity contribution in [1.82, 2.24) is 10.2 Å². The number of nitrogens with zero attached hydrogens (tertiary/aromatic N) is 2. The van der Waals surface area contributed by atoms with Crippen molar-refractivity contribution >= 4 is 39.1 Å². The van der Waals surface area contributed by atoms with Crippen molar-refractivity contribution in [3.8, 4) is 0 Å². The largest absolute Gasteiger partial charge is 0.350 e. The molecule has 35 heavy (non-hydrogen) atoms. The smallest absolute Gasteiger partial charge is 0.244 e. The molecule has 0 aliphatic carbocycles. The maximum absolute atomic E-state index is 13.7. The number of nitrogens with one attached hydrogen (secondary N) is 1. The molecule has 0 spiro atoms. The van der Waals surface area contributed by atoms with Gasteiger partial charge in [-0.2, -0.15) is 0 Å². The molecule has 0 aliphatic rings. The highest BCUT2D eigenvalue weighted by Gasteiger charge is 2.33. The Kier molecular flexibility index (Phi) is 9.30. The van der Waals surface area contributed by atoms with Gasteiger partial charge in [-0.15, -0.1) is 0 Å². The third kappa shape index (κ3) is 8.21. The number of aryl methyl sites for hydroxylation is 1. The Labute approximate surface area is 212 Å². The first kappa shape index (κ1) is 28.6. The topological polar surface area (TPSA) is 86.8 Å². The zero-order chi connectivity index (χ0) is 26.6. The van der Waals surface area contributed by atoms with E-state index in [2.05, 4.69) is 5.32 Å². The number of rotatable bonds is 9. The Bertz CT molecular complexity index is 1160. The summed E-state index contributed by atoms with van der Waals surface area (Å²) in [6.07, 6.45) is 1.27. The SMILES string of the molecule is CC[C@H](C(=O)NC(C)(C)C)N(Cc1ccc(C)cc1)C(=O)CN(c1ccc(F)c(Cl)c1)S(C)(=O)=O. The molecule has 1 atom stereocenters. The molecule has 0 aliphatic heterocycles. The molecular formula is C25H33ClFN3O4S. The normalized spacial score (nSPS) is 12.7. The summed E-state index contributed by atoms with van der Waals surface area (Å²) in [5.74, 6) is -1.62. The lowest BCUT2D eigenvalue weighted by atomic mass is 10.1. The lowest BCUT2D eigenvalue weighted by Crippen LogP contribution is -2.55. The van der Waals surface area contributed by atoms with Gasteiger partial charge in [0.2, 0.25) is 21.8 Å². The zero-order valence-electron chi connectivity index (χ0n) is 20.9. The molecule has 0 heterocycles. The summed E-state index contributed by atoms with van der Waals surface area (Å²) in [5, 5.41) is 2.64. The number of sulfonamides is 1. The van der Waals surface area contributed by atoms with Gasteiger partial charge < -0.3 is 10.2 Å². The highest BCUT2D eigenvalue weighted by atomic mass is 35.5. The summed E-state index contributed by atoms with van der Waals surface area (Å²) in [4.78, 5) is 28.1. The van der Waals surface area contributed by atoms with Gasteiger partial charge in [0, 0.05) is 12.1 Å². The fraction of sp³-hybridized carbons (Fsp3) is 0.440. The number of benzene rings is 2. The van der Waals surface area contributed by atoms with Crippen LogP contribution in [-0.2, 0) is 26.2 Å². The maximum atomic E-state index is 13.7. The second-order valence-electron chi connectivity index (χ2n) is 9.54. The van der Waals surface area contributed by atoms with Crippen molar-refractivity contribution in [3.63, 3.8) is 0 Å². The minimum absolute atomic E-state index is 0.0507. The summed E-state index contributed by atoms with van der Waals surface area (Å²) >= 11 is 5.86. The van der Waals surface area contributed by atoms with Crippen molar-refractivity contribution in [1.29, 1.82) is 0 Å². The van der Waals surface area contributed by atoms with Crippen LogP contribution in [0.1, 0.15) is 45.2 Å². The predicted molar refractivity (Wildman–Crippen MR) is 137 cm³/mol. The Balaban J connectivity index is 2.47. The summed E-state index contributed by atoms with van der Waals surface area (Å²) in [6, 6.07) is 10.1. The van der Waals surface area contributed by atoms with Crippen LogP contribution in [0.3, 0.4) is 0 Å². The standard InChI is InChI=1S/C25H33ClFN3O4S/c1-7-22(24(32)28-25(3,4)5)29(15-18-10-8-17(2)9-11-18)23(31)16-30(35(6,33)34)19-12-13-21(27)20(26)14-19/h8-14,22H,7,15-16H2,1-6H3,(H,28,32)/t22-/m1/s1. The van der Waals surface area contributed by atoms with Crippen molar-refractivity contribution in [3.05, 3.63) is 64.4 Å². The van der Waals surface area contributed by atoms with E-state index < -0.39 is 39.9 Å². The second-order valence-corrected chi connectivity index (χ2v) is 11.9. The molecule has 10 heteroatoms. The van der Waals surface area contributed by atoms with E-state index in [0.717, 1.165) is 33.8 Å². The van der Waals surface area contributed by atoms with Gasteiger partial charge in [-0.05, 0) is 57.9 Å². The van der Waals surface area contributed by atoms with Crippen LogP contribution >= 0.6 is 11.6 Å². The van der Waals surface area contributed by atoms with E-state index >= 15 is 0 Å². The fourth-order valence-electron chi connectivity index (χ4n) is 3.52. The average Bonchev–Trinajstić information content (AvgIpc) is 2.73. The molecule has 2 rings (SSSR count). The Morgan fingerprint density at radius 3 is 2.20 bits per heavy atom.